The third-order valence-electron chi connectivity index (χ3n) is 4.03. The van der Waals surface area contributed by atoms with Crippen LogP contribution >= 0.6 is 15.9 Å². The SMILES string of the molecule is O=C1NC(c2ccccc2)(c2ccccc2)C(=O)N1CCCBr. The van der Waals surface area contributed by atoms with E-state index in [0.29, 0.717) is 6.54 Å². The molecule has 1 saturated heterocycles. The summed E-state index contributed by atoms with van der Waals surface area (Å²) in [7, 11) is 0. The van der Waals surface area contributed by atoms with Crippen molar-refractivity contribution >= 4 is 27.9 Å². The summed E-state index contributed by atoms with van der Waals surface area (Å²) < 4.78 is 0. The first-order chi connectivity index (χ1) is 11.2. The number of alkyl halides is 1. The number of amides is 3. The van der Waals surface area contributed by atoms with Gasteiger partial charge in [0.05, 0.1) is 0 Å². The van der Waals surface area contributed by atoms with Crippen molar-refractivity contribution in [1.29, 1.82) is 0 Å². The van der Waals surface area contributed by atoms with Gasteiger partial charge in [-0.05, 0) is 17.5 Å². The number of urea groups is 1. The van der Waals surface area contributed by atoms with Crippen molar-refractivity contribution in [3.8, 4) is 0 Å². The molecule has 1 aliphatic rings. The molecule has 3 rings (SSSR count). The maximum Gasteiger partial charge on any atom is 0.325 e. The third-order valence-corrected chi connectivity index (χ3v) is 4.60. The molecular weight excluding hydrogens is 356 g/mol. The first-order valence-electron chi connectivity index (χ1n) is 7.51. The lowest BCUT2D eigenvalue weighted by atomic mass is 9.82. The van der Waals surface area contributed by atoms with E-state index in [9.17, 15) is 9.59 Å². The molecule has 0 spiro atoms. The Morgan fingerprint density at radius 1 is 0.913 bits per heavy atom. The van der Waals surface area contributed by atoms with Gasteiger partial charge in [0.25, 0.3) is 5.91 Å². The summed E-state index contributed by atoms with van der Waals surface area (Å²) in [6, 6.07) is 18.4. The second-order valence-electron chi connectivity index (χ2n) is 5.41. The molecule has 118 valence electrons. The first kappa shape index (κ1) is 15.7. The Hall–Kier alpha value is -2.14. The van der Waals surface area contributed by atoms with Gasteiger partial charge in [-0.1, -0.05) is 76.6 Å². The monoisotopic (exact) mass is 372 g/mol. The number of hydrogen-bond acceptors (Lipinski definition) is 2. The summed E-state index contributed by atoms with van der Waals surface area (Å²) in [5, 5.41) is 3.67. The van der Waals surface area contributed by atoms with Crippen LogP contribution in [0.3, 0.4) is 0 Å². The molecule has 1 heterocycles. The summed E-state index contributed by atoms with van der Waals surface area (Å²) in [5.74, 6) is -0.221. The zero-order valence-electron chi connectivity index (χ0n) is 12.5. The average molecular weight is 373 g/mol. The van der Waals surface area contributed by atoms with Gasteiger partial charge in [0.15, 0.2) is 5.54 Å². The second-order valence-corrected chi connectivity index (χ2v) is 6.20. The summed E-state index contributed by atoms with van der Waals surface area (Å²) in [6.07, 6.45) is 0.721. The molecule has 3 amide bonds. The van der Waals surface area contributed by atoms with Gasteiger partial charge in [0.1, 0.15) is 0 Å². The molecule has 1 fully saturated rings. The van der Waals surface area contributed by atoms with E-state index in [1.807, 2.05) is 60.7 Å². The molecule has 0 unspecified atom stereocenters. The summed E-state index contributed by atoms with van der Waals surface area (Å²) >= 11 is 3.35. The molecule has 1 aliphatic heterocycles. The average Bonchev–Trinajstić information content (AvgIpc) is 2.86. The highest BCUT2D eigenvalue weighted by molar-refractivity contribution is 9.09. The van der Waals surface area contributed by atoms with Crippen LogP contribution in [0.5, 0.6) is 0 Å². The van der Waals surface area contributed by atoms with Crippen LogP contribution in [-0.4, -0.2) is 28.7 Å². The Labute approximate surface area is 143 Å². The summed E-state index contributed by atoms with van der Waals surface area (Å²) in [4.78, 5) is 26.9. The summed E-state index contributed by atoms with van der Waals surface area (Å²) in [5.41, 5.74) is 0.392. The fourth-order valence-corrected chi connectivity index (χ4v) is 3.18. The highest BCUT2D eigenvalue weighted by Gasteiger charge is 2.53. The molecule has 5 heteroatoms. The van der Waals surface area contributed by atoms with Crippen LogP contribution < -0.4 is 5.32 Å². The largest absolute Gasteiger partial charge is 0.325 e. The molecule has 0 aliphatic carbocycles. The Morgan fingerprint density at radius 2 is 1.43 bits per heavy atom. The molecule has 1 N–H and O–H groups in total. The number of hydrogen-bond donors (Lipinski definition) is 1. The smallest absolute Gasteiger partial charge is 0.315 e. The number of rotatable bonds is 5. The molecule has 4 nitrogen and oxygen atoms in total. The van der Waals surface area contributed by atoms with Crippen LogP contribution in [0.15, 0.2) is 60.7 Å². The van der Waals surface area contributed by atoms with E-state index < -0.39 is 5.54 Å². The first-order valence-corrected chi connectivity index (χ1v) is 8.63. The van der Waals surface area contributed by atoms with Crippen molar-refractivity contribution in [2.45, 2.75) is 12.0 Å². The number of imide groups is 1. The van der Waals surface area contributed by atoms with Crippen molar-refractivity contribution < 1.29 is 9.59 Å². The van der Waals surface area contributed by atoms with E-state index in [1.165, 1.54) is 4.90 Å². The number of carbonyl (C=O) groups is 2. The predicted octanol–water partition coefficient (Wildman–Crippen LogP) is 3.27. The predicted molar refractivity (Wildman–Crippen MR) is 92.3 cm³/mol. The lowest BCUT2D eigenvalue weighted by Gasteiger charge is -2.28. The molecule has 2 aromatic carbocycles. The molecular formula is C18H17BrN2O2. The molecule has 0 radical (unpaired) electrons. The van der Waals surface area contributed by atoms with Gasteiger partial charge in [-0.2, -0.15) is 0 Å². The van der Waals surface area contributed by atoms with Crippen molar-refractivity contribution in [1.82, 2.24) is 10.2 Å². The molecule has 23 heavy (non-hydrogen) atoms. The summed E-state index contributed by atoms with van der Waals surface area (Å²) in [6.45, 7) is 0.400. The molecule has 0 aromatic heterocycles. The van der Waals surface area contributed by atoms with Gasteiger partial charge in [-0.25, -0.2) is 4.79 Å². The topological polar surface area (TPSA) is 49.4 Å². The molecule has 0 atom stereocenters. The zero-order chi connectivity index (χ0) is 16.3. The van der Waals surface area contributed by atoms with Crippen LogP contribution in [0.25, 0.3) is 0 Å². The Kier molecular flexibility index (Phi) is 4.48. The van der Waals surface area contributed by atoms with Gasteiger partial charge in [-0.15, -0.1) is 0 Å². The molecule has 0 saturated carbocycles. The van der Waals surface area contributed by atoms with Crippen LogP contribution in [0, 0.1) is 0 Å². The highest BCUT2D eigenvalue weighted by atomic mass is 79.9. The Morgan fingerprint density at radius 3 is 1.91 bits per heavy atom. The third kappa shape index (κ3) is 2.65. The Bertz CT molecular complexity index is 664. The van der Waals surface area contributed by atoms with Crippen LogP contribution in [0.1, 0.15) is 17.5 Å². The van der Waals surface area contributed by atoms with Crippen LogP contribution in [0.4, 0.5) is 4.79 Å². The van der Waals surface area contributed by atoms with E-state index in [4.69, 9.17) is 0 Å². The Balaban J connectivity index is 2.12. The standard InChI is InChI=1S/C18H17BrN2O2/c19-12-7-13-21-16(22)18(20-17(21)23,14-8-3-1-4-9-14)15-10-5-2-6-11-15/h1-6,8-11H,7,12-13H2,(H,20,23). The van der Waals surface area contributed by atoms with Crippen molar-refractivity contribution in [3.05, 3.63) is 71.8 Å². The zero-order valence-corrected chi connectivity index (χ0v) is 14.1. The number of nitrogens with one attached hydrogen (secondary N) is 1. The minimum atomic E-state index is -1.15. The molecule has 2 aromatic rings. The molecule has 0 bridgehead atoms. The van der Waals surface area contributed by atoms with Crippen LogP contribution in [-0.2, 0) is 10.3 Å². The van der Waals surface area contributed by atoms with Gasteiger partial charge < -0.3 is 5.32 Å². The van der Waals surface area contributed by atoms with Crippen molar-refractivity contribution in [2.24, 2.45) is 0 Å². The lowest BCUT2D eigenvalue weighted by Crippen LogP contribution is -2.45. The van der Waals surface area contributed by atoms with Crippen molar-refractivity contribution in [3.63, 3.8) is 0 Å². The van der Waals surface area contributed by atoms with Gasteiger partial charge in [-0.3, -0.25) is 9.69 Å². The van der Waals surface area contributed by atoms with Crippen LogP contribution in [0.2, 0.25) is 0 Å². The number of carbonyl (C=O) groups excluding carboxylic acids is 2. The normalized spacial score (nSPS) is 16.5. The minimum absolute atomic E-state index is 0.221. The van der Waals surface area contributed by atoms with E-state index in [0.717, 1.165) is 22.9 Å². The maximum absolute atomic E-state index is 13.2. The fourth-order valence-electron chi connectivity index (χ4n) is 2.93. The fraction of sp³-hybridized carbons (Fsp3) is 0.222. The number of nitrogens with zero attached hydrogens (tertiary/aromatic N) is 1. The van der Waals surface area contributed by atoms with E-state index in [1.54, 1.807) is 0 Å². The van der Waals surface area contributed by atoms with Crippen molar-refractivity contribution in [2.75, 3.05) is 11.9 Å². The minimum Gasteiger partial charge on any atom is -0.315 e. The van der Waals surface area contributed by atoms with Gasteiger partial charge >= 0.3 is 6.03 Å². The maximum atomic E-state index is 13.2. The second kappa shape index (κ2) is 6.54. The van der Waals surface area contributed by atoms with E-state index in [2.05, 4.69) is 21.2 Å². The van der Waals surface area contributed by atoms with E-state index in [-0.39, 0.29) is 11.9 Å². The number of benzene rings is 2. The lowest BCUT2D eigenvalue weighted by molar-refractivity contribution is -0.130. The van der Waals surface area contributed by atoms with E-state index >= 15 is 0 Å². The number of halogens is 1. The highest BCUT2D eigenvalue weighted by Crippen LogP contribution is 2.35. The van der Waals surface area contributed by atoms with Gasteiger partial charge in [0, 0.05) is 11.9 Å². The quantitative estimate of drug-likeness (QED) is 0.646. The van der Waals surface area contributed by atoms with Gasteiger partial charge in [0.2, 0.25) is 0 Å².